The Morgan fingerprint density at radius 1 is 0.975 bits per heavy atom. The molecule has 1 atom stereocenters. The summed E-state index contributed by atoms with van der Waals surface area (Å²) in [6, 6.07) is 21.9. The zero-order valence-corrected chi connectivity index (χ0v) is 24.5. The Labute approximate surface area is 242 Å². The molecule has 0 aliphatic heterocycles. The molecule has 0 radical (unpaired) electrons. The average Bonchev–Trinajstić information content (AvgIpc) is 3.45. The Hall–Kier alpha value is -3.36. The van der Waals surface area contributed by atoms with E-state index in [-0.39, 0.29) is 29.1 Å². The topological polar surface area (TPSA) is 86.8 Å². The van der Waals surface area contributed by atoms with Crippen molar-refractivity contribution in [1.29, 1.82) is 0 Å². The van der Waals surface area contributed by atoms with Crippen LogP contribution >= 0.6 is 11.6 Å². The van der Waals surface area contributed by atoms with Gasteiger partial charge in [0.2, 0.25) is 11.8 Å². The predicted molar refractivity (Wildman–Crippen MR) is 159 cm³/mol. The number of nitrogens with one attached hydrogen (secondary N) is 1. The van der Waals surface area contributed by atoms with Crippen molar-refractivity contribution in [3.8, 4) is 0 Å². The van der Waals surface area contributed by atoms with E-state index in [4.69, 9.17) is 11.6 Å². The molecule has 1 aliphatic rings. The fourth-order valence-electron chi connectivity index (χ4n) is 4.96. The third-order valence-electron chi connectivity index (χ3n) is 7.34. The molecule has 3 aromatic carbocycles. The summed E-state index contributed by atoms with van der Waals surface area (Å²) in [6.07, 6.45) is 4.51. The first-order valence-electron chi connectivity index (χ1n) is 13.6. The first-order chi connectivity index (χ1) is 19.1. The van der Waals surface area contributed by atoms with Gasteiger partial charge in [0.05, 0.1) is 10.6 Å². The van der Waals surface area contributed by atoms with Crippen LogP contribution in [-0.4, -0.2) is 50.3 Å². The van der Waals surface area contributed by atoms with Gasteiger partial charge in [-0.3, -0.25) is 13.9 Å². The van der Waals surface area contributed by atoms with Crippen molar-refractivity contribution in [3.05, 3.63) is 95.0 Å². The van der Waals surface area contributed by atoms with Gasteiger partial charge in [-0.15, -0.1) is 0 Å². The zero-order valence-electron chi connectivity index (χ0n) is 22.9. The van der Waals surface area contributed by atoms with Crippen LogP contribution in [0.1, 0.15) is 43.7 Å². The third kappa shape index (κ3) is 7.43. The van der Waals surface area contributed by atoms with Gasteiger partial charge in [-0.2, -0.15) is 0 Å². The maximum atomic E-state index is 14.0. The molecule has 40 heavy (non-hydrogen) atoms. The normalized spacial score (nSPS) is 14.5. The summed E-state index contributed by atoms with van der Waals surface area (Å²) < 4.78 is 28.8. The number of nitrogens with zero attached hydrogens (tertiary/aromatic N) is 2. The minimum absolute atomic E-state index is 0.0636. The van der Waals surface area contributed by atoms with Crippen LogP contribution in [0.2, 0.25) is 5.02 Å². The number of amides is 2. The van der Waals surface area contributed by atoms with Crippen LogP contribution in [0.25, 0.3) is 0 Å². The Kier molecular flexibility index (Phi) is 9.87. The van der Waals surface area contributed by atoms with E-state index in [2.05, 4.69) is 5.32 Å². The molecule has 0 aromatic heterocycles. The number of hydrogen-bond acceptors (Lipinski definition) is 4. The van der Waals surface area contributed by atoms with Crippen LogP contribution < -0.4 is 9.62 Å². The third-order valence-corrected chi connectivity index (χ3v) is 9.36. The van der Waals surface area contributed by atoms with E-state index in [1.165, 1.54) is 23.1 Å². The minimum atomic E-state index is -4.12. The maximum absolute atomic E-state index is 14.0. The van der Waals surface area contributed by atoms with Gasteiger partial charge in [-0.05, 0) is 69.0 Å². The standard InChI is InChI=1S/C31H36ClN3O4S/c1-23-15-17-29(18-16-23)40(38,39)35(28-14-8-11-26(32)21-28)22-30(36)34(20-19-25-9-4-3-5-10-25)24(2)31(37)33-27-12-6-7-13-27/h3-5,8-11,14-18,21,24,27H,6-7,12-13,19-20,22H2,1-2H3,(H,33,37)/t24-/m1/s1. The van der Waals surface area contributed by atoms with E-state index in [1.54, 1.807) is 37.3 Å². The fourth-order valence-corrected chi connectivity index (χ4v) is 6.55. The summed E-state index contributed by atoms with van der Waals surface area (Å²) in [7, 11) is -4.12. The van der Waals surface area contributed by atoms with E-state index >= 15 is 0 Å². The van der Waals surface area contributed by atoms with Crippen molar-refractivity contribution >= 4 is 39.1 Å². The molecule has 1 fully saturated rings. The number of anilines is 1. The van der Waals surface area contributed by atoms with Gasteiger partial charge >= 0.3 is 0 Å². The summed E-state index contributed by atoms with van der Waals surface area (Å²) in [5, 5.41) is 3.43. The van der Waals surface area contributed by atoms with E-state index < -0.39 is 28.5 Å². The van der Waals surface area contributed by atoms with E-state index in [0.29, 0.717) is 11.4 Å². The van der Waals surface area contributed by atoms with Gasteiger partial charge in [0.1, 0.15) is 12.6 Å². The second kappa shape index (κ2) is 13.3. The second-order valence-electron chi connectivity index (χ2n) is 10.3. The highest BCUT2D eigenvalue weighted by atomic mass is 35.5. The molecule has 1 saturated carbocycles. The first kappa shape index (κ1) is 29.6. The number of benzene rings is 3. The Balaban J connectivity index is 1.64. The van der Waals surface area contributed by atoms with Crippen LogP contribution in [-0.2, 0) is 26.0 Å². The summed E-state index contributed by atoms with van der Waals surface area (Å²) in [5.41, 5.74) is 2.20. The Bertz CT molecular complexity index is 1410. The molecule has 0 spiro atoms. The molecule has 9 heteroatoms. The van der Waals surface area contributed by atoms with Crippen LogP contribution in [0.3, 0.4) is 0 Å². The van der Waals surface area contributed by atoms with Gasteiger partial charge in [-0.25, -0.2) is 8.42 Å². The van der Waals surface area contributed by atoms with E-state index in [0.717, 1.165) is 41.1 Å². The molecule has 7 nitrogen and oxygen atoms in total. The van der Waals surface area contributed by atoms with Crippen LogP contribution in [0.15, 0.2) is 83.8 Å². The molecule has 0 unspecified atom stereocenters. The zero-order chi connectivity index (χ0) is 28.7. The molecule has 1 N–H and O–H groups in total. The summed E-state index contributed by atoms with van der Waals surface area (Å²) >= 11 is 6.23. The van der Waals surface area contributed by atoms with E-state index in [9.17, 15) is 18.0 Å². The lowest BCUT2D eigenvalue weighted by atomic mass is 10.1. The molecular formula is C31H36ClN3O4S. The highest BCUT2D eigenvalue weighted by molar-refractivity contribution is 7.92. The van der Waals surface area contributed by atoms with Crippen molar-refractivity contribution in [1.82, 2.24) is 10.2 Å². The lowest BCUT2D eigenvalue weighted by molar-refractivity contribution is -0.139. The van der Waals surface area contributed by atoms with Crippen molar-refractivity contribution in [3.63, 3.8) is 0 Å². The largest absolute Gasteiger partial charge is 0.352 e. The number of carbonyl (C=O) groups is 2. The summed E-state index contributed by atoms with van der Waals surface area (Å²) in [6.45, 7) is 3.35. The molecule has 0 heterocycles. The minimum Gasteiger partial charge on any atom is -0.352 e. The number of halogens is 1. The van der Waals surface area contributed by atoms with E-state index in [1.807, 2.05) is 37.3 Å². The number of sulfonamides is 1. The number of aryl methyl sites for hydroxylation is 1. The van der Waals surface area contributed by atoms with Gasteiger partial charge in [0.25, 0.3) is 10.0 Å². The van der Waals surface area contributed by atoms with Gasteiger partial charge in [0.15, 0.2) is 0 Å². The monoisotopic (exact) mass is 581 g/mol. The summed E-state index contributed by atoms with van der Waals surface area (Å²) in [5.74, 6) is -0.704. The highest BCUT2D eigenvalue weighted by Gasteiger charge is 2.33. The Morgan fingerprint density at radius 2 is 1.65 bits per heavy atom. The smallest absolute Gasteiger partial charge is 0.264 e. The molecule has 4 rings (SSSR count). The van der Waals surface area contributed by atoms with Gasteiger partial charge in [0, 0.05) is 17.6 Å². The highest BCUT2D eigenvalue weighted by Crippen LogP contribution is 2.27. The molecule has 212 valence electrons. The quantitative estimate of drug-likeness (QED) is 0.330. The lowest BCUT2D eigenvalue weighted by Crippen LogP contribution is -2.53. The molecular weight excluding hydrogens is 546 g/mol. The summed E-state index contributed by atoms with van der Waals surface area (Å²) in [4.78, 5) is 28.8. The van der Waals surface area contributed by atoms with Crippen LogP contribution in [0, 0.1) is 6.92 Å². The van der Waals surface area contributed by atoms with Crippen molar-refractivity contribution in [2.75, 3.05) is 17.4 Å². The van der Waals surface area contributed by atoms with Crippen LogP contribution in [0.5, 0.6) is 0 Å². The van der Waals surface area contributed by atoms with Crippen molar-refractivity contribution < 1.29 is 18.0 Å². The fraction of sp³-hybridized carbons (Fsp3) is 0.355. The first-order valence-corrected chi connectivity index (χ1v) is 15.5. The molecule has 1 aliphatic carbocycles. The average molecular weight is 582 g/mol. The van der Waals surface area contributed by atoms with Crippen molar-refractivity contribution in [2.24, 2.45) is 0 Å². The van der Waals surface area contributed by atoms with Gasteiger partial charge in [-0.1, -0.05) is 78.5 Å². The second-order valence-corrected chi connectivity index (χ2v) is 12.6. The maximum Gasteiger partial charge on any atom is 0.264 e. The number of carbonyl (C=O) groups excluding carboxylic acids is 2. The predicted octanol–water partition coefficient (Wildman–Crippen LogP) is 5.36. The van der Waals surface area contributed by atoms with Crippen molar-refractivity contribution in [2.45, 2.75) is 62.9 Å². The molecule has 0 saturated heterocycles. The number of rotatable bonds is 11. The molecule has 2 amide bonds. The Morgan fingerprint density at radius 3 is 2.30 bits per heavy atom. The molecule has 3 aromatic rings. The van der Waals surface area contributed by atoms with Gasteiger partial charge < -0.3 is 10.2 Å². The number of hydrogen-bond donors (Lipinski definition) is 1. The molecule has 0 bridgehead atoms. The lowest BCUT2D eigenvalue weighted by Gasteiger charge is -2.32. The SMILES string of the molecule is Cc1ccc(S(=O)(=O)N(CC(=O)N(CCc2ccccc2)[C@H](C)C(=O)NC2CCCC2)c2cccc(Cl)c2)cc1. The van der Waals surface area contributed by atoms with Crippen LogP contribution in [0.4, 0.5) is 5.69 Å².